The van der Waals surface area contributed by atoms with E-state index in [1.165, 1.54) is 32.4 Å². The number of allylic oxidation sites excluding steroid dienone is 1. The largest absolute Gasteiger partial charge is 0.459 e. The van der Waals surface area contributed by atoms with E-state index in [1.807, 2.05) is 17.9 Å². The van der Waals surface area contributed by atoms with Crippen LogP contribution < -0.4 is 0 Å². The second-order valence-corrected chi connectivity index (χ2v) is 8.48. The molecule has 1 N–H and O–H groups in total. The Morgan fingerprint density at radius 1 is 1.21 bits per heavy atom. The number of carbonyl (C=O) groups is 1. The van der Waals surface area contributed by atoms with Crippen molar-refractivity contribution in [3.05, 3.63) is 11.8 Å². The van der Waals surface area contributed by atoms with Gasteiger partial charge < -0.3 is 24.4 Å². The van der Waals surface area contributed by atoms with Crippen molar-refractivity contribution in [2.45, 2.75) is 71.1 Å². The topological polar surface area (TPSA) is 62.2 Å². The molecule has 1 amide bonds. The van der Waals surface area contributed by atoms with Crippen LogP contribution >= 0.6 is 0 Å². The number of carbonyl (C=O) groups excluding carboxylic acids is 1. The number of nitrogens with zero attached hydrogens (tertiary/aromatic N) is 2. The summed E-state index contributed by atoms with van der Waals surface area (Å²) in [5.74, 6) is 0.826. The van der Waals surface area contributed by atoms with E-state index in [0.717, 1.165) is 38.8 Å². The molecule has 3 heterocycles. The first-order chi connectivity index (χ1) is 13.6. The summed E-state index contributed by atoms with van der Waals surface area (Å²) in [4.78, 5) is 17.7. The molecule has 0 spiro atoms. The van der Waals surface area contributed by atoms with Gasteiger partial charge in [0, 0.05) is 38.3 Å². The van der Waals surface area contributed by atoms with Gasteiger partial charge in [0.2, 0.25) is 6.29 Å². The van der Waals surface area contributed by atoms with Crippen molar-refractivity contribution in [3.63, 3.8) is 0 Å². The third kappa shape index (κ3) is 5.28. The van der Waals surface area contributed by atoms with Crippen LogP contribution in [-0.2, 0) is 14.3 Å². The molecule has 0 aliphatic carbocycles. The number of likely N-dealkylation sites (tertiary alicyclic amines) is 2. The predicted molar refractivity (Wildman–Crippen MR) is 109 cm³/mol. The molecule has 0 radical (unpaired) electrons. The lowest BCUT2D eigenvalue weighted by Crippen LogP contribution is -2.49. The summed E-state index contributed by atoms with van der Waals surface area (Å²) >= 11 is 0. The zero-order chi connectivity index (χ0) is 19.9. The smallest absolute Gasteiger partial charge is 0.288 e. The Morgan fingerprint density at radius 3 is 2.57 bits per heavy atom. The highest BCUT2D eigenvalue weighted by Crippen LogP contribution is 2.33. The normalized spacial score (nSPS) is 30.0. The second kappa shape index (κ2) is 10.6. The minimum atomic E-state index is -0.401. The van der Waals surface area contributed by atoms with Crippen molar-refractivity contribution in [1.82, 2.24) is 9.80 Å². The van der Waals surface area contributed by atoms with Crippen LogP contribution in [0.3, 0.4) is 0 Å². The lowest BCUT2D eigenvalue weighted by Gasteiger charge is -2.41. The lowest BCUT2D eigenvalue weighted by molar-refractivity contribution is -0.174. The number of hydrogen-bond donors (Lipinski definition) is 1. The first-order valence-corrected chi connectivity index (χ1v) is 11.3. The second-order valence-electron chi connectivity index (χ2n) is 8.48. The van der Waals surface area contributed by atoms with Crippen LogP contribution in [0.5, 0.6) is 0 Å². The van der Waals surface area contributed by atoms with Crippen molar-refractivity contribution in [2.75, 3.05) is 39.4 Å². The molecule has 0 unspecified atom stereocenters. The van der Waals surface area contributed by atoms with Crippen molar-refractivity contribution in [3.8, 4) is 0 Å². The van der Waals surface area contributed by atoms with Crippen LogP contribution in [0.4, 0.5) is 0 Å². The fourth-order valence-corrected chi connectivity index (χ4v) is 4.91. The molecule has 0 aromatic heterocycles. The van der Waals surface area contributed by atoms with Crippen molar-refractivity contribution >= 4 is 5.91 Å². The first-order valence-electron chi connectivity index (χ1n) is 11.3. The molecule has 0 saturated carbocycles. The van der Waals surface area contributed by atoms with Crippen LogP contribution in [0.1, 0.15) is 58.8 Å². The highest BCUT2D eigenvalue weighted by molar-refractivity contribution is 5.91. The van der Waals surface area contributed by atoms with Gasteiger partial charge in [-0.05, 0) is 70.5 Å². The number of aliphatic hydroxyl groups excluding tert-OH is 1. The van der Waals surface area contributed by atoms with E-state index in [9.17, 15) is 4.79 Å². The molecular formula is C22H38N2O4. The zero-order valence-electron chi connectivity index (χ0n) is 17.6. The van der Waals surface area contributed by atoms with Crippen LogP contribution in [0.15, 0.2) is 11.8 Å². The van der Waals surface area contributed by atoms with E-state index in [0.29, 0.717) is 18.4 Å². The van der Waals surface area contributed by atoms with Gasteiger partial charge in [0.1, 0.15) is 0 Å². The number of aliphatic hydroxyl groups is 1. The molecule has 3 aliphatic rings. The summed E-state index contributed by atoms with van der Waals surface area (Å²) in [5.41, 5.74) is 0. The van der Waals surface area contributed by atoms with Gasteiger partial charge in [-0.15, -0.1) is 0 Å². The van der Waals surface area contributed by atoms with Gasteiger partial charge in [0.05, 0.1) is 0 Å². The van der Waals surface area contributed by atoms with Gasteiger partial charge in [-0.3, -0.25) is 4.79 Å². The Hall–Kier alpha value is -1.11. The monoisotopic (exact) mass is 394 g/mol. The maximum absolute atomic E-state index is 13.1. The van der Waals surface area contributed by atoms with Gasteiger partial charge >= 0.3 is 0 Å². The lowest BCUT2D eigenvalue weighted by atomic mass is 9.86. The van der Waals surface area contributed by atoms with Crippen LogP contribution in [0, 0.1) is 11.8 Å². The van der Waals surface area contributed by atoms with E-state index in [2.05, 4.69) is 11.8 Å². The summed E-state index contributed by atoms with van der Waals surface area (Å²) in [6, 6.07) is 0.628. The van der Waals surface area contributed by atoms with Crippen LogP contribution in [0.25, 0.3) is 0 Å². The summed E-state index contributed by atoms with van der Waals surface area (Å²) in [6.45, 7) is 8.84. The molecule has 6 heteroatoms. The van der Waals surface area contributed by atoms with Gasteiger partial charge in [-0.2, -0.15) is 0 Å². The molecule has 3 rings (SSSR count). The fraction of sp³-hybridized carbons (Fsp3) is 0.864. The standard InChI is InChI=1S/C22H38N2O4/c1-3-27-22-19(8-7-15-25)17(2)16-20(28-22)21(26)24-13-9-18(10-14-24)23-11-5-4-6-12-23/h16-19,22,25H,3-15H2,1-2H3/t17-,19-,22+/m0/s1. The number of rotatable bonds is 7. The molecule has 0 bridgehead atoms. The SMILES string of the molecule is CCO[C@@H]1OC(C(=O)N2CCC(N3CCCCC3)CC2)=C[C@H](C)[C@@H]1CCCO. The van der Waals surface area contributed by atoms with Gasteiger partial charge in [-0.1, -0.05) is 13.3 Å². The molecule has 3 aliphatic heterocycles. The summed E-state index contributed by atoms with van der Waals surface area (Å²) in [6.07, 6.45) is 9.23. The summed E-state index contributed by atoms with van der Waals surface area (Å²) in [7, 11) is 0. The van der Waals surface area contributed by atoms with E-state index in [-0.39, 0.29) is 24.3 Å². The highest BCUT2D eigenvalue weighted by Gasteiger charge is 2.37. The number of piperidine rings is 2. The van der Waals surface area contributed by atoms with Crippen LogP contribution in [-0.4, -0.2) is 72.5 Å². The maximum atomic E-state index is 13.1. The summed E-state index contributed by atoms with van der Waals surface area (Å²) < 4.78 is 11.8. The quantitative estimate of drug-likeness (QED) is 0.719. The van der Waals surface area contributed by atoms with Gasteiger partial charge in [0.25, 0.3) is 5.91 Å². The fourth-order valence-electron chi connectivity index (χ4n) is 4.91. The predicted octanol–water partition coefficient (Wildman–Crippen LogP) is 2.76. The number of hydrogen-bond acceptors (Lipinski definition) is 5. The molecule has 2 saturated heterocycles. The molecule has 3 atom stereocenters. The van der Waals surface area contributed by atoms with Crippen molar-refractivity contribution in [2.24, 2.45) is 11.8 Å². The van der Waals surface area contributed by atoms with Gasteiger partial charge in [0.15, 0.2) is 5.76 Å². The highest BCUT2D eigenvalue weighted by atomic mass is 16.7. The Morgan fingerprint density at radius 2 is 1.93 bits per heavy atom. The maximum Gasteiger partial charge on any atom is 0.288 e. The van der Waals surface area contributed by atoms with E-state index >= 15 is 0 Å². The number of amides is 1. The molecule has 6 nitrogen and oxygen atoms in total. The van der Waals surface area contributed by atoms with Crippen molar-refractivity contribution in [1.29, 1.82) is 0 Å². The average Bonchev–Trinajstić information content (AvgIpc) is 2.73. The Bertz CT molecular complexity index is 525. The average molecular weight is 395 g/mol. The van der Waals surface area contributed by atoms with Gasteiger partial charge in [-0.25, -0.2) is 0 Å². The zero-order valence-corrected chi connectivity index (χ0v) is 17.6. The minimum Gasteiger partial charge on any atom is -0.459 e. The molecule has 0 aromatic rings. The Kier molecular flexibility index (Phi) is 8.18. The molecule has 2 fully saturated rings. The molecular weight excluding hydrogens is 356 g/mol. The van der Waals surface area contributed by atoms with E-state index < -0.39 is 6.29 Å². The van der Waals surface area contributed by atoms with E-state index in [1.54, 1.807) is 0 Å². The Labute approximate surface area is 169 Å². The molecule has 160 valence electrons. The Balaban J connectivity index is 1.57. The first kappa shape index (κ1) is 21.6. The molecule has 28 heavy (non-hydrogen) atoms. The van der Waals surface area contributed by atoms with Crippen molar-refractivity contribution < 1.29 is 19.4 Å². The van der Waals surface area contributed by atoms with Crippen LogP contribution in [0.2, 0.25) is 0 Å². The van der Waals surface area contributed by atoms with E-state index in [4.69, 9.17) is 14.6 Å². The molecule has 0 aromatic carbocycles. The summed E-state index contributed by atoms with van der Waals surface area (Å²) in [5, 5.41) is 9.16. The third-order valence-electron chi connectivity index (χ3n) is 6.58. The third-order valence-corrected chi connectivity index (χ3v) is 6.58. The minimum absolute atomic E-state index is 0.00857. The number of ether oxygens (including phenoxy) is 2.